The van der Waals surface area contributed by atoms with Gasteiger partial charge in [0.05, 0.1) is 5.92 Å². The number of carbonyl (C=O) groups excluding carboxylic acids is 1. The highest BCUT2D eigenvalue weighted by atomic mass is 32.2. The van der Waals surface area contributed by atoms with E-state index in [1.807, 2.05) is 68.5 Å². The zero-order chi connectivity index (χ0) is 25.9. The van der Waals surface area contributed by atoms with Crippen LogP contribution in [0.2, 0.25) is 0 Å². The second kappa shape index (κ2) is 10.8. The Morgan fingerprint density at radius 2 is 1.89 bits per heavy atom. The molecule has 2 heterocycles. The molecule has 0 spiro atoms. The van der Waals surface area contributed by atoms with E-state index in [4.69, 9.17) is 4.52 Å². The van der Waals surface area contributed by atoms with Crippen LogP contribution in [0.3, 0.4) is 0 Å². The summed E-state index contributed by atoms with van der Waals surface area (Å²) in [4.78, 5) is 14.9. The van der Waals surface area contributed by atoms with Crippen molar-refractivity contribution in [1.29, 1.82) is 0 Å². The minimum Gasteiger partial charge on any atom is -0.355 e. The molecule has 0 N–H and O–H groups in total. The van der Waals surface area contributed by atoms with E-state index >= 15 is 0 Å². The summed E-state index contributed by atoms with van der Waals surface area (Å²) in [5.41, 5.74) is 4.52. The zero-order valence-corrected chi connectivity index (χ0v) is 22.1. The van der Waals surface area contributed by atoms with Gasteiger partial charge in [-0.1, -0.05) is 65.3 Å². The second-order valence-electron chi connectivity index (χ2n) is 9.54. The highest BCUT2D eigenvalue weighted by Gasteiger charge is 2.37. The molecule has 1 aromatic heterocycles. The van der Waals surface area contributed by atoms with Crippen LogP contribution in [0.4, 0.5) is 0 Å². The lowest BCUT2D eigenvalue weighted by atomic mass is 9.98. The van der Waals surface area contributed by atoms with Crippen LogP contribution in [0.25, 0.3) is 12.2 Å². The summed E-state index contributed by atoms with van der Waals surface area (Å²) in [7, 11) is -2.13. The van der Waals surface area contributed by atoms with E-state index in [9.17, 15) is 13.2 Å². The van der Waals surface area contributed by atoms with Crippen molar-refractivity contribution in [2.75, 3.05) is 20.1 Å². The molecular weight excluding hydrogens is 474 g/mol. The van der Waals surface area contributed by atoms with Crippen LogP contribution in [0, 0.1) is 26.7 Å². The summed E-state index contributed by atoms with van der Waals surface area (Å²) < 4.78 is 34.3. The Hall–Kier alpha value is -3.23. The number of carbonyl (C=O) groups is 1. The number of piperidine rings is 1. The van der Waals surface area contributed by atoms with Crippen molar-refractivity contribution in [3.63, 3.8) is 0 Å². The van der Waals surface area contributed by atoms with Crippen LogP contribution in [0.5, 0.6) is 0 Å². The van der Waals surface area contributed by atoms with Crippen LogP contribution in [0.1, 0.15) is 46.5 Å². The zero-order valence-electron chi connectivity index (χ0n) is 21.3. The molecule has 190 valence electrons. The van der Waals surface area contributed by atoms with Crippen LogP contribution in [0.15, 0.2) is 57.9 Å². The van der Waals surface area contributed by atoms with E-state index in [2.05, 4.69) is 5.16 Å². The predicted molar refractivity (Wildman–Crippen MR) is 140 cm³/mol. The summed E-state index contributed by atoms with van der Waals surface area (Å²) >= 11 is 0. The van der Waals surface area contributed by atoms with Gasteiger partial charge in [-0.25, -0.2) is 8.42 Å². The van der Waals surface area contributed by atoms with Gasteiger partial charge in [0.15, 0.2) is 10.7 Å². The molecule has 0 bridgehead atoms. The summed E-state index contributed by atoms with van der Waals surface area (Å²) in [5.74, 6) is -0.241. The van der Waals surface area contributed by atoms with E-state index in [-0.39, 0.29) is 23.1 Å². The van der Waals surface area contributed by atoms with Crippen molar-refractivity contribution in [3.8, 4) is 0 Å². The van der Waals surface area contributed by atoms with Crippen molar-refractivity contribution in [2.45, 2.75) is 45.1 Å². The van der Waals surface area contributed by atoms with Crippen molar-refractivity contribution in [2.24, 2.45) is 5.92 Å². The fraction of sp³-hybridized carbons (Fsp3) is 0.357. The smallest absolute Gasteiger partial charge is 0.248 e. The lowest BCUT2D eigenvalue weighted by molar-refractivity contribution is -0.135. The van der Waals surface area contributed by atoms with Gasteiger partial charge < -0.3 is 9.42 Å². The number of rotatable bonds is 7. The topological polar surface area (TPSA) is 83.7 Å². The molecular formula is C28H33N3O4S. The lowest BCUT2D eigenvalue weighted by Gasteiger charge is -2.33. The van der Waals surface area contributed by atoms with Crippen LogP contribution in [-0.2, 0) is 21.4 Å². The molecule has 0 radical (unpaired) electrons. The van der Waals surface area contributed by atoms with Gasteiger partial charge in [0.1, 0.15) is 5.69 Å². The fourth-order valence-corrected chi connectivity index (χ4v) is 6.42. The Kier molecular flexibility index (Phi) is 7.76. The van der Waals surface area contributed by atoms with Gasteiger partial charge in [0.25, 0.3) is 0 Å². The first-order valence-corrected chi connectivity index (χ1v) is 13.6. The van der Waals surface area contributed by atoms with Gasteiger partial charge in [-0.05, 0) is 56.4 Å². The van der Waals surface area contributed by atoms with E-state index in [1.165, 1.54) is 4.31 Å². The monoisotopic (exact) mass is 507 g/mol. The Balaban J connectivity index is 1.53. The molecule has 1 fully saturated rings. The highest BCUT2D eigenvalue weighted by Crippen LogP contribution is 2.30. The molecule has 1 amide bonds. The Bertz CT molecular complexity index is 1360. The van der Waals surface area contributed by atoms with E-state index in [1.54, 1.807) is 24.9 Å². The number of benzene rings is 2. The second-order valence-corrected chi connectivity index (χ2v) is 11.4. The molecule has 36 heavy (non-hydrogen) atoms. The van der Waals surface area contributed by atoms with Crippen molar-refractivity contribution in [1.82, 2.24) is 14.4 Å². The number of aryl methyl sites for hydroxylation is 3. The summed E-state index contributed by atoms with van der Waals surface area (Å²) in [5, 5.41) is 3.95. The molecule has 0 aliphatic carbocycles. The highest BCUT2D eigenvalue weighted by molar-refractivity contribution is 7.89. The third-order valence-corrected chi connectivity index (χ3v) is 8.68. The maximum absolute atomic E-state index is 13.7. The van der Waals surface area contributed by atoms with Crippen LogP contribution >= 0.6 is 0 Å². The van der Waals surface area contributed by atoms with Gasteiger partial charge in [0.2, 0.25) is 15.9 Å². The normalized spacial score (nSPS) is 16.9. The third-order valence-electron chi connectivity index (χ3n) is 6.65. The SMILES string of the molecule is Cc1ccc(C)c(/C=C/c2onc(C)c2S(=O)(=O)N2CCC[C@H](C(=O)N(C)Cc3ccccc3)C2)c1. The maximum Gasteiger partial charge on any atom is 0.248 e. The van der Waals surface area contributed by atoms with Crippen LogP contribution in [-0.4, -0.2) is 48.8 Å². The molecule has 8 heteroatoms. The number of nitrogens with zero attached hydrogens (tertiary/aromatic N) is 3. The molecule has 1 aliphatic heterocycles. The minimum absolute atomic E-state index is 0.0455. The molecule has 0 saturated carbocycles. The number of aromatic nitrogens is 1. The Morgan fingerprint density at radius 3 is 2.64 bits per heavy atom. The van der Waals surface area contributed by atoms with Gasteiger partial charge in [-0.2, -0.15) is 4.31 Å². The summed E-state index contributed by atoms with van der Waals surface area (Å²) in [6, 6.07) is 15.9. The number of sulfonamides is 1. The molecule has 1 aliphatic rings. The first-order chi connectivity index (χ1) is 17.2. The standard InChI is InChI=1S/C28H33N3O4S/c1-20-12-13-21(2)24(17-20)14-15-26-27(22(3)29-35-26)36(33,34)31-16-8-11-25(19-31)28(32)30(4)18-23-9-6-5-7-10-23/h5-7,9-10,12-15,17,25H,8,11,16,18-19H2,1-4H3/b15-14+/t25-/m0/s1. The summed E-state index contributed by atoms with van der Waals surface area (Å²) in [6.45, 7) is 6.63. The molecule has 3 aromatic rings. The Labute approximate surface area is 213 Å². The van der Waals surface area contributed by atoms with E-state index in [0.29, 0.717) is 31.6 Å². The molecule has 4 rings (SSSR count). The third kappa shape index (κ3) is 5.60. The maximum atomic E-state index is 13.7. The quantitative estimate of drug-likeness (QED) is 0.457. The number of hydrogen-bond donors (Lipinski definition) is 0. The molecule has 1 saturated heterocycles. The van der Waals surface area contributed by atoms with Gasteiger partial charge in [-0.3, -0.25) is 4.79 Å². The first-order valence-electron chi connectivity index (χ1n) is 12.2. The Morgan fingerprint density at radius 1 is 1.14 bits per heavy atom. The largest absolute Gasteiger partial charge is 0.355 e. The first kappa shape index (κ1) is 25.9. The van der Waals surface area contributed by atoms with Gasteiger partial charge in [-0.15, -0.1) is 0 Å². The minimum atomic E-state index is -3.90. The summed E-state index contributed by atoms with van der Waals surface area (Å²) in [6.07, 6.45) is 4.79. The number of hydrogen-bond acceptors (Lipinski definition) is 5. The van der Waals surface area contributed by atoms with Gasteiger partial charge in [0, 0.05) is 26.7 Å². The van der Waals surface area contributed by atoms with Crippen molar-refractivity contribution >= 4 is 28.1 Å². The van der Waals surface area contributed by atoms with Crippen molar-refractivity contribution < 1.29 is 17.7 Å². The fourth-order valence-electron chi connectivity index (χ4n) is 4.64. The van der Waals surface area contributed by atoms with E-state index < -0.39 is 15.9 Å². The van der Waals surface area contributed by atoms with Crippen LogP contribution < -0.4 is 0 Å². The molecule has 7 nitrogen and oxygen atoms in total. The van der Waals surface area contributed by atoms with Crippen molar-refractivity contribution in [3.05, 3.63) is 82.2 Å². The molecule has 0 unspecified atom stereocenters. The van der Waals surface area contributed by atoms with Gasteiger partial charge >= 0.3 is 0 Å². The molecule has 2 aromatic carbocycles. The average Bonchev–Trinajstić information content (AvgIpc) is 3.25. The number of amides is 1. The average molecular weight is 508 g/mol. The lowest BCUT2D eigenvalue weighted by Crippen LogP contribution is -2.45. The predicted octanol–water partition coefficient (Wildman–Crippen LogP) is 4.83. The van der Waals surface area contributed by atoms with E-state index in [0.717, 1.165) is 22.3 Å². The molecule has 1 atom stereocenters.